The van der Waals surface area contributed by atoms with Gasteiger partial charge in [-0.15, -0.1) is 0 Å². The average Bonchev–Trinajstić information content (AvgIpc) is 2.39. The summed E-state index contributed by atoms with van der Waals surface area (Å²) in [6, 6.07) is 1.86. The van der Waals surface area contributed by atoms with Crippen molar-refractivity contribution in [3.05, 3.63) is 23.9 Å². The quantitative estimate of drug-likeness (QED) is 0.901. The summed E-state index contributed by atoms with van der Waals surface area (Å²) in [7, 11) is 0. The summed E-state index contributed by atoms with van der Waals surface area (Å²) in [6.45, 7) is 4.76. The van der Waals surface area contributed by atoms with Gasteiger partial charge in [0, 0.05) is 45.0 Å². The minimum Gasteiger partial charge on any atom is -0.476 e. The van der Waals surface area contributed by atoms with Crippen LogP contribution in [0.2, 0.25) is 0 Å². The second-order valence-corrected chi connectivity index (χ2v) is 4.32. The lowest BCUT2D eigenvalue weighted by Gasteiger charge is -2.26. The number of piperazine rings is 1. The maximum atomic E-state index is 12.5. The summed E-state index contributed by atoms with van der Waals surface area (Å²) in [5.74, 6) is 0.0185. The number of rotatable bonds is 4. The van der Waals surface area contributed by atoms with Gasteiger partial charge in [-0.05, 0) is 6.07 Å². The molecule has 1 aliphatic rings. The molecule has 0 atom stereocenters. The smallest absolute Gasteiger partial charge is 0.416 e. The lowest BCUT2D eigenvalue weighted by atomic mass is 10.2. The van der Waals surface area contributed by atoms with E-state index in [1.54, 1.807) is 0 Å². The van der Waals surface area contributed by atoms with E-state index in [0.717, 1.165) is 44.5 Å². The van der Waals surface area contributed by atoms with Gasteiger partial charge < -0.3 is 10.1 Å². The van der Waals surface area contributed by atoms with E-state index < -0.39 is 11.7 Å². The van der Waals surface area contributed by atoms with Gasteiger partial charge in [0.05, 0.1) is 5.56 Å². The van der Waals surface area contributed by atoms with Crippen molar-refractivity contribution in [1.29, 1.82) is 0 Å². The molecule has 2 heterocycles. The fourth-order valence-corrected chi connectivity index (χ4v) is 1.88. The van der Waals surface area contributed by atoms with Crippen LogP contribution in [0.4, 0.5) is 13.2 Å². The number of nitrogens with one attached hydrogen (secondary N) is 1. The van der Waals surface area contributed by atoms with Crippen molar-refractivity contribution < 1.29 is 17.9 Å². The minimum atomic E-state index is -4.36. The third-order valence-electron chi connectivity index (χ3n) is 2.93. The van der Waals surface area contributed by atoms with Gasteiger partial charge in [0.1, 0.15) is 6.61 Å². The Morgan fingerprint density at radius 1 is 1.32 bits per heavy atom. The molecule has 4 nitrogen and oxygen atoms in total. The Labute approximate surface area is 109 Å². The van der Waals surface area contributed by atoms with Crippen LogP contribution in [0.1, 0.15) is 5.56 Å². The molecule has 2 rings (SSSR count). The van der Waals surface area contributed by atoms with Crippen LogP contribution in [0.3, 0.4) is 0 Å². The first kappa shape index (κ1) is 14.1. The maximum Gasteiger partial charge on any atom is 0.416 e. The third kappa shape index (κ3) is 4.36. The molecule has 1 aromatic rings. The molecular formula is C12H16F3N3O. The highest BCUT2D eigenvalue weighted by Gasteiger charge is 2.30. The van der Waals surface area contributed by atoms with Crippen LogP contribution in [0.5, 0.6) is 5.88 Å². The number of halogens is 3. The summed E-state index contributed by atoms with van der Waals surface area (Å²) in [5.41, 5.74) is -0.736. The first-order chi connectivity index (χ1) is 9.05. The van der Waals surface area contributed by atoms with Gasteiger partial charge in [0.2, 0.25) is 5.88 Å². The van der Waals surface area contributed by atoms with Crippen LogP contribution in [-0.2, 0) is 6.18 Å². The molecule has 1 saturated heterocycles. The molecule has 1 aliphatic heterocycles. The Bertz CT molecular complexity index is 405. The fraction of sp³-hybridized carbons (Fsp3) is 0.583. The number of hydrogen-bond acceptors (Lipinski definition) is 4. The van der Waals surface area contributed by atoms with E-state index in [2.05, 4.69) is 15.2 Å². The molecule has 0 unspecified atom stereocenters. The zero-order valence-corrected chi connectivity index (χ0v) is 10.4. The molecule has 0 spiro atoms. The Morgan fingerprint density at radius 3 is 2.74 bits per heavy atom. The molecule has 7 heteroatoms. The van der Waals surface area contributed by atoms with Crippen LogP contribution in [0.25, 0.3) is 0 Å². The lowest BCUT2D eigenvalue weighted by molar-refractivity contribution is -0.137. The average molecular weight is 275 g/mol. The number of hydrogen-bond donors (Lipinski definition) is 1. The molecule has 1 aromatic heterocycles. The molecule has 19 heavy (non-hydrogen) atoms. The van der Waals surface area contributed by atoms with Gasteiger partial charge >= 0.3 is 6.18 Å². The zero-order chi connectivity index (χ0) is 13.7. The Hall–Kier alpha value is -1.34. The molecule has 0 amide bonds. The molecule has 1 fully saturated rings. The van der Waals surface area contributed by atoms with Crippen LogP contribution >= 0.6 is 0 Å². The van der Waals surface area contributed by atoms with Gasteiger partial charge in [-0.1, -0.05) is 0 Å². The molecule has 0 aliphatic carbocycles. The van der Waals surface area contributed by atoms with E-state index in [1.807, 2.05) is 0 Å². The standard InChI is InChI=1S/C12H16F3N3O/c13-12(14,15)10-1-2-17-11(9-10)19-8-7-18-5-3-16-4-6-18/h1-2,9,16H,3-8H2. The number of nitrogens with zero attached hydrogens (tertiary/aromatic N) is 2. The van der Waals surface area contributed by atoms with E-state index >= 15 is 0 Å². The highest BCUT2D eigenvalue weighted by Crippen LogP contribution is 2.30. The van der Waals surface area contributed by atoms with Gasteiger partial charge in [0.15, 0.2) is 0 Å². The molecular weight excluding hydrogens is 259 g/mol. The molecule has 1 N–H and O–H groups in total. The van der Waals surface area contributed by atoms with E-state index in [-0.39, 0.29) is 5.88 Å². The van der Waals surface area contributed by atoms with Crippen molar-refractivity contribution in [2.45, 2.75) is 6.18 Å². The molecule has 0 bridgehead atoms. The normalized spacial score (nSPS) is 17.4. The van der Waals surface area contributed by atoms with Crippen molar-refractivity contribution >= 4 is 0 Å². The van der Waals surface area contributed by atoms with Crippen LogP contribution in [0.15, 0.2) is 18.3 Å². The van der Waals surface area contributed by atoms with Crippen LogP contribution < -0.4 is 10.1 Å². The fourth-order valence-electron chi connectivity index (χ4n) is 1.88. The van der Waals surface area contributed by atoms with E-state index in [4.69, 9.17) is 4.74 Å². The van der Waals surface area contributed by atoms with Gasteiger partial charge in [-0.25, -0.2) is 4.98 Å². The second-order valence-electron chi connectivity index (χ2n) is 4.32. The monoisotopic (exact) mass is 275 g/mol. The number of ether oxygens (including phenoxy) is 1. The molecule has 0 saturated carbocycles. The van der Waals surface area contributed by atoms with E-state index in [1.165, 1.54) is 0 Å². The lowest BCUT2D eigenvalue weighted by Crippen LogP contribution is -2.44. The Balaban J connectivity index is 1.82. The predicted octanol–water partition coefficient (Wildman–Crippen LogP) is 1.38. The summed E-state index contributed by atoms with van der Waals surface area (Å²) in [6.07, 6.45) is -3.25. The topological polar surface area (TPSA) is 37.4 Å². The van der Waals surface area contributed by atoms with Crippen molar-refractivity contribution in [2.75, 3.05) is 39.3 Å². The maximum absolute atomic E-state index is 12.5. The van der Waals surface area contributed by atoms with Gasteiger partial charge in [-0.2, -0.15) is 13.2 Å². The Morgan fingerprint density at radius 2 is 2.05 bits per heavy atom. The van der Waals surface area contributed by atoms with Crippen LogP contribution in [-0.4, -0.2) is 49.2 Å². The van der Waals surface area contributed by atoms with Crippen molar-refractivity contribution in [2.24, 2.45) is 0 Å². The van der Waals surface area contributed by atoms with E-state index in [9.17, 15) is 13.2 Å². The minimum absolute atomic E-state index is 0.0185. The summed E-state index contributed by atoms with van der Waals surface area (Å²) in [5, 5.41) is 3.23. The third-order valence-corrected chi connectivity index (χ3v) is 2.93. The molecule has 0 radical (unpaired) electrons. The van der Waals surface area contributed by atoms with E-state index in [0.29, 0.717) is 13.2 Å². The zero-order valence-electron chi connectivity index (χ0n) is 10.4. The largest absolute Gasteiger partial charge is 0.476 e. The number of alkyl halides is 3. The molecule has 0 aromatic carbocycles. The molecule has 106 valence electrons. The second kappa shape index (κ2) is 6.21. The summed E-state index contributed by atoms with van der Waals surface area (Å²) >= 11 is 0. The predicted molar refractivity (Wildman–Crippen MR) is 64.0 cm³/mol. The highest BCUT2D eigenvalue weighted by atomic mass is 19.4. The summed E-state index contributed by atoms with van der Waals surface area (Å²) in [4.78, 5) is 5.98. The van der Waals surface area contributed by atoms with Crippen molar-refractivity contribution in [3.8, 4) is 5.88 Å². The SMILES string of the molecule is FC(F)(F)c1ccnc(OCCN2CCNCC2)c1. The first-order valence-electron chi connectivity index (χ1n) is 6.15. The number of pyridine rings is 1. The summed E-state index contributed by atoms with van der Waals surface area (Å²) < 4.78 is 42.7. The van der Waals surface area contributed by atoms with Crippen molar-refractivity contribution in [1.82, 2.24) is 15.2 Å². The van der Waals surface area contributed by atoms with Gasteiger partial charge in [-0.3, -0.25) is 4.90 Å². The van der Waals surface area contributed by atoms with Gasteiger partial charge in [0.25, 0.3) is 0 Å². The first-order valence-corrected chi connectivity index (χ1v) is 6.15. The van der Waals surface area contributed by atoms with Crippen molar-refractivity contribution in [3.63, 3.8) is 0 Å². The highest BCUT2D eigenvalue weighted by molar-refractivity contribution is 5.22. The van der Waals surface area contributed by atoms with Crippen LogP contribution in [0, 0.1) is 0 Å². The Kier molecular flexibility index (Phi) is 4.60. The number of aromatic nitrogens is 1.